The van der Waals surface area contributed by atoms with Gasteiger partial charge in [-0.1, -0.05) is 302 Å². The molecule has 0 bridgehead atoms. The van der Waals surface area contributed by atoms with Gasteiger partial charge in [0.25, 0.3) is 0 Å². The Hall–Kier alpha value is -0.910. The molecular formula is C55H109NO4. The van der Waals surface area contributed by atoms with Crippen LogP contribution in [0.4, 0.5) is 0 Å². The Balaban J connectivity index is 3.50. The third-order valence-corrected chi connectivity index (χ3v) is 13.1. The molecule has 0 saturated heterocycles. The second-order valence-electron chi connectivity index (χ2n) is 19.2. The van der Waals surface area contributed by atoms with Gasteiger partial charge in [-0.3, -0.25) is 4.79 Å². The topological polar surface area (TPSA) is 89.8 Å². The molecule has 0 rings (SSSR count). The number of nitrogens with one attached hydrogen (secondary N) is 1. The van der Waals surface area contributed by atoms with Crippen molar-refractivity contribution in [3.05, 3.63) is 12.2 Å². The van der Waals surface area contributed by atoms with Gasteiger partial charge in [0.2, 0.25) is 5.91 Å². The number of carbonyl (C=O) groups excluding carboxylic acids is 1. The van der Waals surface area contributed by atoms with Crippen LogP contribution in [0.2, 0.25) is 0 Å². The molecule has 0 radical (unpaired) electrons. The van der Waals surface area contributed by atoms with E-state index in [-0.39, 0.29) is 6.61 Å². The van der Waals surface area contributed by atoms with Crippen LogP contribution in [0.25, 0.3) is 0 Å². The van der Waals surface area contributed by atoms with Gasteiger partial charge < -0.3 is 20.6 Å². The summed E-state index contributed by atoms with van der Waals surface area (Å²) in [6.45, 7) is 4.22. The fourth-order valence-corrected chi connectivity index (χ4v) is 8.84. The smallest absolute Gasteiger partial charge is 0.249 e. The lowest BCUT2D eigenvalue weighted by molar-refractivity contribution is -0.131. The molecule has 4 N–H and O–H groups in total. The first-order valence-corrected chi connectivity index (χ1v) is 27.5. The molecule has 0 aromatic carbocycles. The van der Waals surface area contributed by atoms with Crippen molar-refractivity contribution in [2.24, 2.45) is 0 Å². The highest BCUT2D eigenvalue weighted by molar-refractivity contribution is 5.80. The van der Waals surface area contributed by atoms with Gasteiger partial charge in [0, 0.05) is 0 Å². The predicted molar refractivity (Wildman–Crippen MR) is 264 cm³/mol. The van der Waals surface area contributed by atoms with Crippen molar-refractivity contribution in [3.63, 3.8) is 0 Å². The molecule has 0 spiro atoms. The van der Waals surface area contributed by atoms with Crippen LogP contribution in [0.15, 0.2) is 12.2 Å². The van der Waals surface area contributed by atoms with E-state index in [2.05, 4.69) is 19.2 Å². The summed E-state index contributed by atoms with van der Waals surface area (Å²) < 4.78 is 0. The normalized spacial score (nSPS) is 13.3. The Morgan fingerprint density at radius 1 is 0.400 bits per heavy atom. The predicted octanol–water partition coefficient (Wildman–Crippen LogP) is 16.7. The molecule has 0 aromatic rings. The molecule has 358 valence electrons. The Labute approximate surface area is 376 Å². The molecule has 5 nitrogen and oxygen atoms in total. The number of rotatable bonds is 51. The van der Waals surface area contributed by atoms with E-state index in [9.17, 15) is 20.1 Å². The van der Waals surface area contributed by atoms with Crippen molar-refractivity contribution in [2.45, 2.75) is 327 Å². The number of hydrogen-bond donors (Lipinski definition) is 4. The first-order valence-electron chi connectivity index (χ1n) is 27.5. The number of aliphatic hydroxyl groups excluding tert-OH is 3. The summed E-state index contributed by atoms with van der Waals surface area (Å²) in [7, 11) is 0. The highest BCUT2D eigenvalue weighted by Gasteiger charge is 2.22. The van der Waals surface area contributed by atoms with Gasteiger partial charge in [0.05, 0.1) is 18.8 Å². The third-order valence-electron chi connectivity index (χ3n) is 13.1. The van der Waals surface area contributed by atoms with Crippen molar-refractivity contribution < 1.29 is 20.1 Å². The highest BCUT2D eigenvalue weighted by atomic mass is 16.3. The standard InChI is InChI=1S/C55H109NO4/c1-3-5-7-9-11-13-15-17-19-21-22-23-24-25-26-27-28-29-30-31-32-33-34-36-38-40-42-44-46-48-50-54(59)55(60)56-52(51-57)53(58)49-47-45-43-41-39-37-35-20-18-16-14-12-10-8-6-4-2/h47,49,52-54,57-59H,3-46,48,50-51H2,1-2H3,(H,56,60)/b49-47+. The van der Waals surface area contributed by atoms with Gasteiger partial charge in [-0.25, -0.2) is 0 Å². The molecule has 60 heavy (non-hydrogen) atoms. The summed E-state index contributed by atoms with van der Waals surface area (Å²) in [5.74, 6) is -0.496. The van der Waals surface area contributed by atoms with Crippen LogP contribution in [0.1, 0.15) is 309 Å². The van der Waals surface area contributed by atoms with Crippen molar-refractivity contribution in [1.29, 1.82) is 0 Å². The van der Waals surface area contributed by atoms with Crippen LogP contribution in [0, 0.1) is 0 Å². The van der Waals surface area contributed by atoms with Gasteiger partial charge >= 0.3 is 0 Å². The molecular weight excluding hydrogens is 739 g/mol. The van der Waals surface area contributed by atoms with Gasteiger partial charge in [-0.05, 0) is 19.3 Å². The first-order chi connectivity index (χ1) is 29.6. The van der Waals surface area contributed by atoms with Gasteiger partial charge in [-0.15, -0.1) is 0 Å². The van der Waals surface area contributed by atoms with Crippen molar-refractivity contribution in [3.8, 4) is 0 Å². The summed E-state index contributed by atoms with van der Waals surface area (Å²) >= 11 is 0. The molecule has 0 aliphatic rings. The summed E-state index contributed by atoms with van der Waals surface area (Å²) in [6, 6.07) is -0.793. The summed E-state index contributed by atoms with van der Waals surface area (Å²) in [6.07, 6.45) is 62.9. The average Bonchev–Trinajstić information content (AvgIpc) is 3.25. The minimum absolute atomic E-state index is 0.359. The number of aliphatic hydroxyl groups is 3. The van der Waals surface area contributed by atoms with E-state index >= 15 is 0 Å². The molecule has 1 amide bonds. The maximum absolute atomic E-state index is 12.5. The summed E-state index contributed by atoms with van der Waals surface area (Å²) in [5.41, 5.74) is 0. The van der Waals surface area contributed by atoms with E-state index in [1.165, 1.54) is 257 Å². The summed E-state index contributed by atoms with van der Waals surface area (Å²) in [5, 5.41) is 33.3. The van der Waals surface area contributed by atoms with Crippen molar-refractivity contribution >= 4 is 5.91 Å². The Kier molecular flexibility index (Phi) is 50.0. The number of amides is 1. The van der Waals surface area contributed by atoms with Crippen LogP contribution in [0.3, 0.4) is 0 Å². The zero-order valence-electron chi connectivity index (χ0n) is 40.9. The lowest BCUT2D eigenvalue weighted by Gasteiger charge is -2.21. The Morgan fingerprint density at radius 3 is 0.917 bits per heavy atom. The van der Waals surface area contributed by atoms with Gasteiger partial charge in [0.15, 0.2) is 0 Å². The number of carbonyl (C=O) groups is 1. The monoisotopic (exact) mass is 848 g/mol. The van der Waals surface area contributed by atoms with E-state index in [0.29, 0.717) is 6.42 Å². The lowest BCUT2D eigenvalue weighted by atomic mass is 10.0. The second kappa shape index (κ2) is 50.7. The largest absolute Gasteiger partial charge is 0.394 e. The van der Waals surface area contributed by atoms with Crippen molar-refractivity contribution in [1.82, 2.24) is 5.32 Å². The van der Waals surface area contributed by atoms with Crippen LogP contribution in [-0.4, -0.2) is 46.1 Å². The van der Waals surface area contributed by atoms with Crippen LogP contribution in [-0.2, 0) is 4.79 Å². The molecule has 0 aliphatic heterocycles. The van der Waals surface area contributed by atoms with E-state index in [1.54, 1.807) is 6.08 Å². The van der Waals surface area contributed by atoms with Gasteiger partial charge in [-0.2, -0.15) is 0 Å². The fraction of sp³-hybridized carbons (Fsp3) is 0.945. The number of hydrogen-bond acceptors (Lipinski definition) is 4. The molecule has 3 atom stereocenters. The van der Waals surface area contributed by atoms with Crippen LogP contribution in [0.5, 0.6) is 0 Å². The van der Waals surface area contributed by atoms with E-state index in [0.717, 1.165) is 32.1 Å². The highest BCUT2D eigenvalue weighted by Crippen LogP contribution is 2.18. The quantitative estimate of drug-likeness (QED) is 0.0363. The SMILES string of the molecule is CCCCCCCCCCCCCCCC/C=C/C(O)C(CO)NC(=O)C(O)CCCCCCCCCCCCCCCCCCCCCCCCCCCCCCCC. The average molecular weight is 848 g/mol. The molecule has 0 fully saturated rings. The fourth-order valence-electron chi connectivity index (χ4n) is 8.84. The molecule has 0 heterocycles. The Morgan fingerprint density at radius 2 is 0.650 bits per heavy atom. The number of unbranched alkanes of at least 4 members (excludes halogenated alkanes) is 43. The Bertz CT molecular complexity index is 848. The minimum Gasteiger partial charge on any atom is -0.394 e. The molecule has 3 unspecified atom stereocenters. The third kappa shape index (κ3) is 45.1. The number of allylic oxidation sites excluding steroid dienone is 1. The van der Waals surface area contributed by atoms with Gasteiger partial charge in [0.1, 0.15) is 6.10 Å². The maximum atomic E-state index is 12.5. The summed E-state index contributed by atoms with van der Waals surface area (Å²) in [4.78, 5) is 12.5. The maximum Gasteiger partial charge on any atom is 0.249 e. The molecule has 0 aliphatic carbocycles. The van der Waals surface area contributed by atoms with E-state index < -0.39 is 24.2 Å². The molecule has 0 saturated carbocycles. The molecule has 5 heteroatoms. The van der Waals surface area contributed by atoms with Crippen molar-refractivity contribution in [2.75, 3.05) is 6.61 Å². The second-order valence-corrected chi connectivity index (χ2v) is 19.2. The van der Waals surface area contributed by atoms with Crippen LogP contribution >= 0.6 is 0 Å². The van der Waals surface area contributed by atoms with E-state index in [1.807, 2.05) is 6.08 Å². The first kappa shape index (κ1) is 59.1. The lowest BCUT2D eigenvalue weighted by Crippen LogP contribution is -2.48. The zero-order valence-corrected chi connectivity index (χ0v) is 40.9. The van der Waals surface area contributed by atoms with E-state index in [4.69, 9.17) is 0 Å². The molecule has 0 aromatic heterocycles. The zero-order chi connectivity index (χ0) is 43.7. The van der Waals surface area contributed by atoms with Crippen LogP contribution < -0.4 is 5.32 Å². The minimum atomic E-state index is -1.09.